The Hall–Kier alpha value is -0.450. The Bertz CT molecular complexity index is 456. The molecule has 0 radical (unpaired) electrons. The Labute approximate surface area is 129 Å². The Balaban J connectivity index is 2.45. The average Bonchev–Trinajstić information content (AvgIpc) is 2.45. The second-order valence-corrected chi connectivity index (χ2v) is 6.78. The van der Waals surface area contributed by atoms with Crippen molar-refractivity contribution in [3.63, 3.8) is 0 Å². The highest BCUT2D eigenvalue weighted by molar-refractivity contribution is 9.10. The van der Waals surface area contributed by atoms with E-state index >= 15 is 0 Å². The van der Waals surface area contributed by atoms with Crippen LogP contribution < -0.4 is 5.32 Å². The predicted molar refractivity (Wildman–Crippen MR) is 85.4 cm³/mol. The highest BCUT2D eigenvalue weighted by Gasteiger charge is 2.42. The van der Waals surface area contributed by atoms with Crippen LogP contribution >= 0.6 is 15.9 Å². The van der Waals surface area contributed by atoms with Crippen molar-refractivity contribution in [2.75, 3.05) is 21.1 Å². The molecule has 2 nitrogen and oxygen atoms in total. The second-order valence-electron chi connectivity index (χ2n) is 5.92. The highest BCUT2D eigenvalue weighted by Crippen LogP contribution is 2.43. The first-order chi connectivity index (χ1) is 9.53. The number of likely N-dealkylation sites (N-methyl/N-ethyl adjacent to an activating group) is 2. The molecule has 0 amide bonds. The normalized spacial score (nSPS) is 20.1. The molecule has 1 N–H and O–H groups in total. The van der Waals surface area contributed by atoms with E-state index in [0.29, 0.717) is 4.47 Å². The number of hydrogen-bond acceptors (Lipinski definition) is 2. The molecule has 1 atom stereocenters. The molecule has 1 aromatic rings. The Morgan fingerprint density at radius 2 is 1.90 bits per heavy atom. The zero-order chi connectivity index (χ0) is 14.8. The fourth-order valence-electron chi connectivity index (χ4n) is 3.62. The van der Waals surface area contributed by atoms with Crippen molar-refractivity contribution in [1.82, 2.24) is 10.2 Å². The van der Waals surface area contributed by atoms with Crippen LogP contribution in [0.1, 0.15) is 43.7 Å². The quantitative estimate of drug-likeness (QED) is 0.885. The lowest BCUT2D eigenvalue weighted by molar-refractivity contribution is 0.0580. The van der Waals surface area contributed by atoms with Gasteiger partial charge in [-0.15, -0.1) is 0 Å². The molecule has 0 saturated heterocycles. The van der Waals surface area contributed by atoms with Crippen molar-refractivity contribution in [1.29, 1.82) is 0 Å². The number of nitrogens with zero attached hydrogens (tertiary/aromatic N) is 1. The number of hydrogen-bond donors (Lipinski definition) is 1. The second kappa shape index (κ2) is 6.54. The molecule has 1 aliphatic rings. The third kappa shape index (κ3) is 2.78. The Morgan fingerprint density at radius 1 is 1.25 bits per heavy atom. The van der Waals surface area contributed by atoms with Crippen molar-refractivity contribution in [3.8, 4) is 0 Å². The maximum Gasteiger partial charge on any atom is 0.142 e. The van der Waals surface area contributed by atoms with E-state index in [-0.39, 0.29) is 17.4 Å². The van der Waals surface area contributed by atoms with Gasteiger partial charge in [-0.2, -0.15) is 0 Å². The maximum atomic E-state index is 14.5. The molecule has 4 heteroatoms. The minimum Gasteiger partial charge on any atom is -0.311 e. The average molecular weight is 343 g/mol. The van der Waals surface area contributed by atoms with Gasteiger partial charge in [0.15, 0.2) is 0 Å². The minimum atomic E-state index is -0.140. The SMILES string of the molecule is CNC(c1cccc(Br)c1F)C1(N(C)C)CCCCC1. The zero-order valence-corrected chi connectivity index (χ0v) is 14.1. The van der Waals surface area contributed by atoms with Crippen LogP contribution in [0.2, 0.25) is 0 Å². The number of nitrogens with one attached hydrogen (secondary N) is 1. The molecule has 1 aliphatic carbocycles. The molecule has 0 aliphatic heterocycles. The van der Waals surface area contributed by atoms with E-state index in [9.17, 15) is 4.39 Å². The van der Waals surface area contributed by atoms with Gasteiger partial charge in [0.1, 0.15) is 5.82 Å². The summed E-state index contributed by atoms with van der Waals surface area (Å²) in [4.78, 5) is 2.29. The minimum absolute atomic E-state index is 0.00532. The molecule has 1 saturated carbocycles. The van der Waals surface area contributed by atoms with E-state index < -0.39 is 0 Å². The highest BCUT2D eigenvalue weighted by atomic mass is 79.9. The first kappa shape index (κ1) is 15.9. The molecule has 0 aromatic heterocycles. The van der Waals surface area contributed by atoms with E-state index in [1.54, 1.807) is 6.07 Å². The first-order valence-electron chi connectivity index (χ1n) is 7.31. The summed E-state index contributed by atoms with van der Waals surface area (Å²) in [6.07, 6.45) is 5.93. The fraction of sp³-hybridized carbons (Fsp3) is 0.625. The van der Waals surface area contributed by atoms with Crippen LogP contribution in [0.5, 0.6) is 0 Å². The molecule has 0 spiro atoms. The monoisotopic (exact) mass is 342 g/mol. The van der Waals surface area contributed by atoms with Gasteiger partial charge in [-0.25, -0.2) is 4.39 Å². The van der Waals surface area contributed by atoms with E-state index in [1.807, 2.05) is 19.2 Å². The van der Waals surface area contributed by atoms with E-state index in [2.05, 4.69) is 40.2 Å². The topological polar surface area (TPSA) is 15.3 Å². The smallest absolute Gasteiger partial charge is 0.142 e. The van der Waals surface area contributed by atoms with Crippen molar-refractivity contribution in [2.24, 2.45) is 0 Å². The molecular weight excluding hydrogens is 319 g/mol. The summed E-state index contributed by atoms with van der Waals surface area (Å²) < 4.78 is 15.1. The van der Waals surface area contributed by atoms with Crippen molar-refractivity contribution < 1.29 is 4.39 Å². The Kier molecular flexibility index (Phi) is 5.21. The van der Waals surface area contributed by atoms with Gasteiger partial charge >= 0.3 is 0 Å². The summed E-state index contributed by atoms with van der Waals surface area (Å²) in [5, 5.41) is 3.38. The fourth-order valence-corrected chi connectivity index (χ4v) is 4.00. The third-order valence-electron chi connectivity index (χ3n) is 4.73. The van der Waals surface area contributed by atoms with Crippen LogP contribution in [0.3, 0.4) is 0 Å². The third-order valence-corrected chi connectivity index (χ3v) is 5.34. The lowest BCUT2D eigenvalue weighted by Crippen LogP contribution is -2.54. The van der Waals surface area contributed by atoms with Crippen LogP contribution in [0.4, 0.5) is 4.39 Å². The van der Waals surface area contributed by atoms with Crippen LogP contribution in [0, 0.1) is 5.82 Å². The van der Waals surface area contributed by atoms with Crippen LogP contribution in [0.15, 0.2) is 22.7 Å². The van der Waals surface area contributed by atoms with Crippen molar-refractivity contribution in [3.05, 3.63) is 34.1 Å². The molecular formula is C16H24BrFN2. The van der Waals surface area contributed by atoms with Gasteiger partial charge in [-0.1, -0.05) is 31.4 Å². The van der Waals surface area contributed by atoms with Gasteiger partial charge in [0.25, 0.3) is 0 Å². The summed E-state index contributed by atoms with van der Waals surface area (Å²) in [7, 11) is 6.17. The van der Waals surface area contributed by atoms with E-state index in [4.69, 9.17) is 0 Å². The summed E-state index contributed by atoms with van der Waals surface area (Å²) in [5.74, 6) is -0.140. The van der Waals surface area contributed by atoms with Crippen LogP contribution in [-0.2, 0) is 0 Å². The number of halogens is 2. The van der Waals surface area contributed by atoms with Gasteiger partial charge < -0.3 is 10.2 Å². The molecule has 2 rings (SSSR count). The lowest BCUT2D eigenvalue weighted by atomic mass is 9.73. The molecule has 0 heterocycles. The molecule has 1 unspecified atom stereocenters. The van der Waals surface area contributed by atoms with Gasteiger partial charge in [0.05, 0.1) is 10.5 Å². The molecule has 1 aromatic carbocycles. The van der Waals surface area contributed by atoms with Crippen LogP contribution in [0.25, 0.3) is 0 Å². The molecule has 112 valence electrons. The largest absolute Gasteiger partial charge is 0.311 e. The van der Waals surface area contributed by atoms with E-state index in [0.717, 1.165) is 18.4 Å². The lowest BCUT2D eigenvalue weighted by Gasteiger charge is -2.48. The molecule has 0 bridgehead atoms. The van der Waals surface area contributed by atoms with Crippen LogP contribution in [-0.4, -0.2) is 31.6 Å². The molecule has 1 fully saturated rings. The summed E-state index contributed by atoms with van der Waals surface area (Å²) >= 11 is 3.31. The standard InChI is InChI=1S/C16H24BrFN2/c1-19-15(12-8-7-9-13(17)14(12)18)16(20(2)3)10-5-4-6-11-16/h7-9,15,19H,4-6,10-11H2,1-3H3. The van der Waals surface area contributed by atoms with Crippen molar-refractivity contribution in [2.45, 2.75) is 43.7 Å². The van der Waals surface area contributed by atoms with Gasteiger partial charge in [-0.05, 0) is 56.0 Å². The molecule has 20 heavy (non-hydrogen) atoms. The summed E-state index contributed by atoms with van der Waals surface area (Å²) in [6, 6.07) is 5.59. The maximum absolute atomic E-state index is 14.5. The Morgan fingerprint density at radius 3 is 2.45 bits per heavy atom. The van der Waals surface area contributed by atoms with Gasteiger partial charge in [0.2, 0.25) is 0 Å². The van der Waals surface area contributed by atoms with Crippen molar-refractivity contribution >= 4 is 15.9 Å². The zero-order valence-electron chi connectivity index (χ0n) is 12.5. The van der Waals surface area contributed by atoms with Gasteiger partial charge in [-0.3, -0.25) is 0 Å². The summed E-state index contributed by atoms with van der Waals surface area (Å²) in [5.41, 5.74) is 0.756. The predicted octanol–water partition coefficient (Wildman–Crippen LogP) is 4.11. The van der Waals surface area contributed by atoms with Gasteiger partial charge in [0, 0.05) is 11.1 Å². The summed E-state index contributed by atoms with van der Waals surface area (Å²) in [6.45, 7) is 0. The number of rotatable bonds is 4. The first-order valence-corrected chi connectivity index (χ1v) is 8.11. The number of benzene rings is 1. The van der Waals surface area contributed by atoms with E-state index in [1.165, 1.54) is 19.3 Å².